The van der Waals surface area contributed by atoms with Gasteiger partial charge in [0.25, 0.3) is 0 Å². The van der Waals surface area contributed by atoms with E-state index in [0.717, 1.165) is 5.56 Å². The summed E-state index contributed by atoms with van der Waals surface area (Å²) >= 11 is 0. The second-order valence-electron chi connectivity index (χ2n) is 5.51. The van der Waals surface area contributed by atoms with Crippen LogP contribution in [0.25, 0.3) is 11.5 Å². The first-order chi connectivity index (χ1) is 12.8. The van der Waals surface area contributed by atoms with Gasteiger partial charge in [-0.15, -0.1) is 5.10 Å². The molecule has 3 aromatic heterocycles. The second kappa shape index (κ2) is 7.02. The van der Waals surface area contributed by atoms with Crippen molar-refractivity contribution in [3.05, 3.63) is 84.4 Å². The van der Waals surface area contributed by atoms with E-state index < -0.39 is 5.91 Å². The minimum atomic E-state index is -0.403. The Bertz CT molecular complexity index is 995. The number of carbonyl (C=O) groups is 1. The highest BCUT2D eigenvalue weighted by Gasteiger charge is 2.20. The summed E-state index contributed by atoms with van der Waals surface area (Å²) in [5.41, 5.74) is 1.65. The second-order valence-corrected chi connectivity index (χ2v) is 5.51. The normalized spacial score (nSPS) is 10.6. The van der Waals surface area contributed by atoms with Gasteiger partial charge in [0.2, 0.25) is 11.8 Å². The summed E-state index contributed by atoms with van der Waals surface area (Å²) in [6, 6.07) is 18.5. The van der Waals surface area contributed by atoms with Crippen molar-refractivity contribution < 1.29 is 9.21 Å². The van der Waals surface area contributed by atoms with Gasteiger partial charge in [0.15, 0.2) is 5.76 Å². The SMILES string of the molecule is O=C(c1ccco1)n1nc(-c2ccccn2)nc1NCc1ccccc1. The number of benzene rings is 1. The summed E-state index contributed by atoms with van der Waals surface area (Å²) in [4.78, 5) is 21.4. The van der Waals surface area contributed by atoms with Crippen LogP contribution in [0.15, 0.2) is 77.5 Å². The standard InChI is InChI=1S/C19H15N5O2/c25-18(16-10-6-12-26-16)24-19(21-13-14-7-2-1-3-8-14)22-17(23-24)15-9-4-5-11-20-15/h1-12H,13H2,(H,21,22,23). The molecule has 0 amide bonds. The summed E-state index contributed by atoms with van der Waals surface area (Å²) in [7, 11) is 0. The van der Waals surface area contributed by atoms with Gasteiger partial charge in [0.05, 0.1) is 6.26 Å². The lowest BCUT2D eigenvalue weighted by molar-refractivity contribution is 0.0919. The molecule has 0 aliphatic rings. The molecule has 0 radical (unpaired) electrons. The molecule has 0 saturated carbocycles. The molecule has 4 rings (SSSR count). The molecule has 4 aromatic rings. The number of nitrogens with one attached hydrogen (secondary N) is 1. The largest absolute Gasteiger partial charge is 0.459 e. The quantitative estimate of drug-likeness (QED) is 0.598. The summed E-state index contributed by atoms with van der Waals surface area (Å²) < 4.78 is 6.40. The Kier molecular flexibility index (Phi) is 4.26. The Morgan fingerprint density at radius 3 is 2.62 bits per heavy atom. The lowest BCUT2D eigenvalue weighted by Gasteiger charge is -2.06. The van der Waals surface area contributed by atoms with Gasteiger partial charge in [-0.3, -0.25) is 9.78 Å². The molecular formula is C19H15N5O2. The molecule has 26 heavy (non-hydrogen) atoms. The van der Waals surface area contributed by atoms with Crippen molar-refractivity contribution in [3.8, 4) is 11.5 Å². The van der Waals surface area contributed by atoms with Gasteiger partial charge in [-0.1, -0.05) is 36.4 Å². The van der Waals surface area contributed by atoms with Crippen LogP contribution < -0.4 is 5.32 Å². The van der Waals surface area contributed by atoms with Gasteiger partial charge < -0.3 is 9.73 Å². The van der Waals surface area contributed by atoms with E-state index >= 15 is 0 Å². The average Bonchev–Trinajstić information content (AvgIpc) is 3.38. The van der Waals surface area contributed by atoms with Crippen LogP contribution in [0.1, 0.15) is 16.1 Å². The topological polar surface area (TPSA) is 85.8 Å². The number of anilines is 1. The lowest BCUT2D eigenvalue weighted by atomic mass is 10.2. The number of furan rings is 1. The van der Waals surface area contributed by atoms with Crippen molar-refractivity contribution in [2.24, 2.45) is 0 Å². The molecule has 128 valence electrons. The van der Waals surface area contributed by atoms with Crippen molar-refractivity contribution in [1.82, 2.24) is 19.7 Å². The van der Waals surface area contributed by atoms with E-state index in [1.165, 1.54) is 10.9 Å². The summed E-state index contributed by atoms with van der Waals surface area (Å²) in [5.74, 6) is 0.474. The number of hydrogen-bond acceptors (Lipinski definition) is 6. The molecule has 7 heteroatoms. The number of carbonyl (C=O) groups excluding carboxylic acids is 1. The third-order valence-electron chi connectivity index (χ3n) is 3.72. The fourth-order valence-electron chi connectivity index (χ4n) is 2.45. The molecule has 1 N–H and O–H groups in total. The van der Waals surface area contributed by atoms with Gasteiger partial charge in [-0.2, -0.15) is 9.67 Å². The zero-order valence-corrected chi connectivity index (χ0v) is 13.7. The van der Waals surface area contributed by atoms with E-state index in [2.05, 4.69) is 20.4 Å². The van der Waals surface area contributed by atoms with Crippen LogP contribution in [0.4, 0.5) is 5.95 Å². The molecule has 0 unspecified atom stereocenters. The molecular weight excluding hydrogens is 330 g/mol. The molecule has 0 fully saturated rings. The third-order valence-corrected chi connectivity index (χ3v) is 3.72. The van der Waals surface area contributed by atoms with E-state index in [9.17, 15) is 4.79 Å². The lowest BCUT2D eigenvalue weighted by Crippen LogP contribution is -2.17. The van der Waals surface area contributed by atoms with Crippen molar-refractivity contribution in [2.75, 3.05) is 5.32 Å². The first kappa shape index (κ1) is 15.8. The van der Waals surface area contributed by atoms with Gasteiger partial charge >= 0.3 is 5.91 Å². The number of aromatic nitrogens is 4. The first-order valence-electron chi connectivity index (χ1n) is 8.06. The average molecular weight is 345 g/mol. The zero-order chi connectivity index (χ0) is 17.8. The van der Waals surface area contributed by atoms with E-state index in [1.807, 2.05) is 42.5 Å². The molecule has 7 nitrogen and oxygen atoms in total. The maximum Gasteiger partial charge on any atom is 0.317 e. The van der Waals surface area contributed by atoms with Crippen LogP contribution in [0.2, 0.25) is 0 Å². The Balaban J connectivity index is 1.68. The zero-order valence-electron chi connectivity index (χ0n) is 13.7. The fourth-order valence-corrected chi connectivity index (χ4v) is 2.45. The molecule has 0 aliphatic carbocycles. The predicted octanol–water partition coefficient (Wildman–Crippen LogP) is 3.23. The Hall–Kier alpha value is -3.74. The molecule has 0 aliphatic heterocycles. The number of hydrogen-bond donors (Lipinski definition) is 1. The van der Waals surface area contributed by atoms with Crippen LogP contribution in [-0.2, 0) is 6.54 Å². The van der Waals surface area contributed by atoms with Crippen LogP contribution in [-0.4, -0.2) is 25.7 Å². The third kappa shape index (κ3) is 3.23. The molecule has 0 atom stereocenters. The Labute approximate surface area is 149 Å². The highest BCUT2D eigenvalue weighted by molar-refractivity contribution is 5.94. The first-order valence-corrected chi connectivity index (χ1v) is 8.06. The van der Waals surface area contributed by atoms with Gasteiger partial charge in [0, 0.05) is 12.7 Å². The molecule has 0 spiro atoms. The minimum absolute atomic E-state index is 0.185. The van der Waals surface area contributed by atoms with Crippen LogP contribution in [0, 0.1) is 0 Å². The number of rotatable bonds is 5. The number of pyridine rings is 1. The van der Waals surface area contributed by atoms with E-state index in [-0.39, 0.29) is 5.76 Å². The molecule has 3 heterocycles. The van der Waals surface area contributed by atoms with Crippen molar-refractivity contribution in [1.29, 1.82) is 0 Å². The predicted molar refractivity (Wildman–Crippen MR) is 95.5 cm³/mol. The van der Waals surface area contributed by atoms with Crippen LogP contribution in [0.3, 0.4) is 0 Å². The fraction of sp³-hybridized carbons (Fsp3) is 0.0526. The molecule has 0 saturated heterocycles. The van der Waals surface area contributed by atoms with Gasteiger partial charge in [-0.05, 0) is 29.8 Å². The van der Waals surface area contributed by atoms with Crippen molar-refractivity contribution >= 4 is 11.9 Å². The number of nitrogens with zero attached hydrogens (tertiary/aromatic N) is 4. The maximum absolute atomic E-state index is 12.7. The maximum atomic E-state index is 12.7. The minimum Gasteiger partial charge on any atom is -0.459 e. The van der Waals surface area contributed by atoms with E-state index in [4.69, 9.17) is 4.42 Å². The van der Waals surface area contributed by atoms with Crippen LogP contribution >= 0.6 is 0 Å². The summed E-state index contributed by atoms with van der Waals surface area (Å²) in [6.07, 6.45) is 3.10. The highest BCUT2D eigenvalue weighted by atomic mass is 16.3. The summed E-state index contributed by atoms with van der Waals surface area (Å²) in [5, 5.41) is 7.48. The smallest absolute Gasteiger partial charge is 0.317 e. The van der Waals surface area contributed by atoms with E-state index in [1.54, 1.807) is 24.4 Å². The Morgan fingerprint density at radius 1 is 1.04 bits per heavy atom. The monoisotopic (exact) mass is 345 g/mol. The Morgan fingerprint density at radius 2 is 1.88 bits per heavy atom. The summed E-state index contributed by atoms with van der Waals surface area (Å²) in [6.45, 7) is 0.507. The van der Waals surface area contributed by atoms with Gasteiger partial charge in [-0.25, -0.2) is 0 Å². The molecule has 1 aromatic carbocycles. The van der Waals surface area contributed by atoms with E-state index in [0.29, 0.717) is 24.0 Å². The highest BCUT2D eigenvalue weighted by Crippen LogP contribution is 2.17. The van der Waals surface area contributed by atoms with Crippen LogP contribution in [0.5, 0.6) is 0 Å². The van der Waals surface area contributed by atoms with Gasteiger partial charge in [0.1, 0.15) is 5.69 Å². The van der Waals surface area contributed by atoms with Crippen molar-refractivity contribution in [3.63, 3.8) is 0 Å². The molecule has 0 bridgehead atoms. The van der Waals surface area contributed by atoms with Crippen molar-refractivity contribution in [2.45, 2.75) is 6.54 Å².